The minimum atomic E-state index is -0.394. The van der Waals surface area contributed by atoms with Crippen LogP contribution >= 0.6 is 11.3 Å². The molecule has 3 aromatic rings. The van der Waals surface area contributed by atoms with E-state index in [0.717, 1.165) is 5.56 Å². The Morgan fingerprint density at radius 1 is 0.917 bits per heavy atom. The molecule has 3 rings (SSSR count). The lowest BCUT2D eigenvalue weighted by Gasteiger charge is -2.07. The number of nitrogens with one attached hydrogen (secondary N) is 1. The minimum absolute atomic E-state index is 0.163. The molecule has 0 fully saturated rings. The molecule has 0 bridgehead atoms. The zero-order valence-electron chi connectivity index (χ0n) is 12.8. The molecule has 1 heterocycles. The molecule has 2 aromatic carbocycles. The van der Waals surface area contributed by atoms with Crippen molar-refractivity contribution in [1.29, 1.82) is 0 Å². The van der Waals surface area contributed by atoms with E-state index in [0.29, 0.717) is 16.1 Å². The zero-order chi connectivity index (χ0) is 16.8. The van der Waals surface area contributed by atoms with Gasteiger partial charge >= 0.3 is 5.97 Å². The van der Waals surface area contributed by atoms with Gasteiger partial charge in [-0.05, 0) is 41.3 Å². The Bertz CT molecular complexity index is 812. The van der Waals surface area contributed by atoms with Crippen molar-refractivity contribution < 1.29 is 14.3 Å². The number of thiophene rings is 1. The minimum Gasteiger partial charge on any atom is -0.457 e. The van der Waals surface area contributed by atoms with E-state index in [-0.39, 0.29) is 12.5 Å². The lowest BCUT2D eigenvalue weighted by atomic mass is 10.2. The molecule has 0 spiro atoms. The van der Waals surface area contributed by atoms with Gasteiger partial charge in [-0.3, -0.25) is 4.79 Å². The normalized spacial score (nSPS) is 10.2. The topological polar surface area (TPSA) is 55.4 Å². The van der Waals surface area contributed by atoms with E-state index >= 15 is 0 Å². The van der Waals surface area contributed by atoms with Crippen LogP contribution in [0.5, 0.6) is 0 Å². The van der Waals surface area contributed by atoms with E-state index in [2.05, 4.69) is 5.32 Å². The third kappa shape index (κ3) is 4.08. The highest BCUT2D eigenvalue weighted by Gasteiger charge is 2.09. The van der Waals surface area contributed by atoms with Crippen LogP contribution in [0.15, 0.2) is 72.1 Å². The van der Waals surface area contributed by atoms with Crippen molar-refractivity contribution in [3.8, 4) is 0 Å². The molecule has 0 unspecified atom stereocenters. The molecule has 120 valence electrons. The summed E-state index contributed by atoms with van der Waals surface area (Å²) in [7, 11) is 0. The standard InChI is InChI=1S/C19H15NO3S/c21-18(17-7-4-12-24-17)20-16-10-8-15(9-11-16)19(22)23-13-14-5-2-1-3-6-14/h1-12H,13H2,(H,20,21). The summed E-state index contributed by atoms with van der Waals surface area (Å²) >= 11 is 1.38. The predicted octanol–water partition coefficient (Wildman–Crippen LogP) is 4.36. The summed E-state index contributed by atoms with van der Waals surface area (Å²) in [6.45, 7) is 0.233. The van der Waals surface area contributed by atoms with Crippen molar-refractivity contribution >= 4 is 28.9 Å². The Labute approximate surface area is 143 Å². The van der Waals surface area contributed by atoms with E-state index in [1.54, 1.807) is 30.3 Å². The summed E-state index contributed by atoms with van der Waals surface area (Å²) in [4.78, 5) is 24.6. The van der Waals surface area contributed by atoms with Gasteiger partial charge in [0.1, 0.15) is 6.61 Å². The van der Waals surface area contributed by atoms with E-state index in [4.69, 9.17) is 4.74 Å². The summed E-state index contributed by atoms with van der Waals surface area (Å²) in [6.07, 6.45) is 0. The van der Waals surface area contributed by atoms with E-state index in [9.17, 15) is 9.59 Å². The number of hydrogen-bond acceptors (Lipinski definition) is 4. The van der Waals surface area contributed by atoms with Crippen molar-refractivity contribution in [1.82, 2.24) is 0 Å². The Hall–Kier alpha value is -2.92. The molecule has 24 heavy (non-hydrogen) atoms. The van der Waals surface area contributed by atoms with Crippen LogP contribution < -0.4 is 5.32 Å². The number of anilines is 1. The second-order valence-electron chi connectivity index (χ2n) is 5.07. The van der Waals surface area contributed by atoms with Crippen molar-refractivity contribution in [3.05, 3.63) is 88.1 Å². The average Bonchev–Trinajstić information content (AvgIpc) is 3.16. The van der Waals surface area contributed by atoms with Gasteiger partial charge in [-0.15, -0.1) is 11.3 Å². The monoisotopic (exact) mass is 337 g/mol. The predicted molar refractivity (Wildman–Crippen MR) is 94.3 cm³/mol. The maximum absolute atomic E-state index is 12.0. The van der Waals surface area contributed by atoms with Crippen molar-refractivity contribution in [2.24, 2.45) is 0 Å². The molecule has 5 heteroatoms. The average molecular weight is 337 g/mol. The van der Waals surface area contributed by atoms with Gasteiger partial charge in [-0.2, -0.15) is 0 Å². The van der Waals surface area contributed by atoms with Crippen LogP contribution in [-0.4, -0.2) is 11.9 Å². The third-order valence-corrected chi connectivity index (χ3v) is 4.20. The second kappa shape index (κ2) is 7.57. The largest absolute Gasteiger partial charge is 0.457 e. The molecule has 0 aliphatic rings. The lowest BCUT2D eigenvalue weighted by Crippen LogP contribution is -2.10. The highest BCUT2D eigenvalue weighted by molar-refractivity contribution is 7.12. The Balaban J connectivity index is 1.57. The number of rotatable bonds is 5. The molecule has 0 atom stereocenters. The first-order valence-electron chi connectivity index (χ1n) is 7.38. The maximum atomic E-state index is 12.0. The van der Waals surface area contributed by atoms with Crippen LogP contribution in [0.3, 0.4) is 0 Å². The highest BCUT2D eigenvalue weighted by atomic mass is 32.1. The first kappa shape index (κ1) is 16.0. The number of esters is 1. The number of benzene rings is 2. The number of hydrogen-bond donors (Lipinski definition) is 1. The summed E-state index contributed by atoms with van der Waals surface area (Å²) in [5.74, 6) is -0.556. The van der Waals surface area contributed by atoms with Crippen molar-refractivity contribution in [2.45, 2.75) is 6.61 Å². The van der Waals surface area contributed by atoms with Gasteiger partial charge in [0.2, 0.25) is 0 Å². The molecule has 1 aromatic heterocycles. The fraction of sp³-hybridized carbons (Fsp3) is 0.0526. The maximum Gasteiger partial charge on any atom is 0.338 e. The van der Waals surface area contributed by atoms with Crippen molar-refractivity contribution in [2.75, 3.05) is 5.32 Å². The fourth-order valence-electron chi connectivity index (χ4n) is 2.10. The molecule has 0 saturated heterocycles. The quantitative estimate of drug-likeness (QED) is 0.704. The summed E-state index contributed by atoms with van der Waals surface area (Å²) < 4.78 is 5.27. The van der Waals surface area contributed by atoms with Crippen LogP contribution in [0.1, 0.15) is 25.6 Å². The van der Waals surface area contributed by atoms with E-state index in [1.807, 2.05) is 41.8 Å². The highest BCUT2D eigenvalue weighted by Crippen LogP contribution is 2.15. The molecule has 1 N–H and O–H groups in total. The van der Waals surface area contributed by atoms with Gasteiger partial charge in [0, 0.05) is 5.69 Å². The first-order chi connectivity index (χ1) is 11.7. The number of carbonyl (C=O) groups excluding carboxylic acids is 2. The van der Waals surface area contributed by atoms with E-state index in [1.165, 1.54) is 11.3 Å². The van der Waals surface area contributed by atoms with Gasteiger partial charge in [-0.1, -0.05) is 36.4 Å². The molecule has 4 nitrogen and oxygen atoms in total. The summed E-state index contributed by atoms with van der Waals surface area (Å²) in [6, 6.07) is 19.7. The fourth-order valence-corrected chi connectivity index (χ4v) is 2.72. The van der Waals surface area contributed by atoms with Crippen LogP contribution in [-0.2, 0) is 11.3 Å². The van der Waals surface area contributed by atoms with Gasteiger partial charge in [-0.25, -0.2) is 4.79 Å². The van der Waals surface area contributed by atoms with Crippen LogP contribution in [0, 0.1) is 0 Å². The molecule has 0 radical (unpaired) electrons. The molecule has 0 aliphatic heterocycles. The van der Waals surface area contributed by atoms with Crippen LogP contribution in [0.2, 0.25) is 0 Å². The smallest absolute Gasteiger partial charge is 0.338 e. The molecule has 0 aliphatic carbocycles. The zero-order valence-corrected chi connectivity index (χ0v) is 13.6. The van der Waals surface area contributed by atoms with Crippen LogP contribution in [0.25, 0.3) is 0 Å². The van der Waals surface area contributed by atoms with Gasteiger partial charge < -0.3 is 10.1 Å². The Kier molecular flexibility index (Phi) is 5.03. The molecule has 1 amide bonds. The summed E-state index contributed by atoms with van der Waals surface area (Å²) in [5, 5.41) is 4.64. The Morgan fingerprint density at radius 2 is 1.67 bits per heavy atom. The first-order valence-corrected chi connectivity index (χ1v) is 8.26. The van der Waals surface area contributed by atoms with Gasteiger partial charge in [0.05, 0.1) is 10.4 Å². The SMILES string of the molecule is O=C(OCc1ccccc1)c1ccc(NC(=O)c2cccs2)cc1. The molecule has 0 saturated carbocycles. The van der Waals surface area contributed by atoms with Gasteiger partial charge in [0.15, 0.2) is 0 Å². The van der Waals surface area contributed by atoms with Gasteiger partial charge in [0.25, 0.3) is 5.91 Å². The summed E-state index contributed by atoms with van der Waals surface area (Å²) in [5.41, 5.74) is 2.01. The van der Waals surface area contributed by atoms with E-state index < -0.39 is 5.97 Å². The van der Waals surface area contributed by atoms with Crippen molar-refractivity contribution in [3.63, 3.8) is 0 Å². The third-order valence-electron chi connectivity index (χ3n) is 3.34. The molecular weight excluding hydrogens is 322 g/mol. The molecular formula is C19H15NO3S. The number of amides is 1. The Morgan fingerprint density at radius 3 is 2.33 bits per heavy atom. The lowest BCUT2D eigenvalue weighted by molar-refractivity contribution is 0.0472. The van der Waals surface area contributed by atoms with Crippen LogP contribution in [0.4, 0.5) is 5.69 Å². The number of ether oxygens (including phenoxy) is 1. The second-order valence-corrected chi connectivity index (χ2v) is 6.02. The number of carbonyl (C=O) groups is 2.